The van der Waals surface area contributed by atoms with E-state index >= 15 is 0 Å². The first-order chi connectivity index (χ1) is 4.83. The second-order valence-electron chi connectivity index (χ2n) is 2.47. The molecule has 0 bridgehead atoms. The maximum atomic E-state index is 10.5. The minimum atomic E-state index is -3.35. The molecule has 3 N–H and O–H groups in total. The summed E-state index contributed by atoms with van der Waals surface area (Å²) in [6.45, 7) is 1.07. The Kier molecular flexibility index (Phi) is 7.72. The van der Waals surface area contributed by atoms with Crippen LogP contribution in [-0.2, 0) is 9.36 Å². The second-order valence-corrected chi connectivity index (χ2v) is 4.95. The van der Waals surface area contributed by atoms with Gasteiger partial charge in [-0.15, -0.1) is 0 Å². The third-order valence-corrected chi connectivity index (χ3v) is 2.23. The van der Waals surface area contributed by atoms with Gasteiger partial charge in [-0.2, -0.15) is 0 Å². The van der Waals surface area contributed by atoms with Crippen molar-refractivity contribution >= 4 is 13.3 Å². The van der Waals surface area contributed by atoms with Gasteiger partial charge in [0.2, 0.25) is 0 Å². The Morgan fingerprint density at radius 2 is 2.17 bits per heavy atom. The molecule has 0 amide bonds. The molecular formula is C5H11NNaO4P. The zero-order valence-electron chi connectivity index (χ0n) is 7.19. The summed E-state index contributed by atoms with van der Waals surface area (Å²) in [6.07, 6.45) is -0.174. The average molecular weight is 203 g/mol. The summed E-state index contributed by atoms with van der Waals surface area (Å²) in [7, 11) is -3.35. The molecule has 0 aliphatic heterocycles. The van der Waals surface area contributed by atoms with E-state index in [0.717, 1.165) is 6.66 Å². The van der Waals surface area contributed by atoms with Crippen LogP contribution in [0.5, 0.6) is 0 Å². The maximum absolute atomic E-state index is 10.5. The number of carbonyl (C=O) groups is 1. The van der Waals surface area contributed by atoms with Crippen molar-refractivity contribution in [1.82, 2.24) is 0 Å². The van der Waals surface area contributed by atoms with Crippen LogP contribution in [0.2, 0.25) is 0 Å². The summed E-state index contributed by atoms with van der Waals surface area (Å²) in [6, 6.07) is -1.07. The SMILES string of the molecule is CP(=O)([O-])CC[C@H](N)C(=O)O.[Na+]. The third kappa shape index (κ3) is 8.71. The Bertz CT molecular complexity index is 192. The Morgan fingerprint density at radius 3 is 2.42 bits per heavy atom. The molecule has 1 unspecified atom stereocenters. The third-order valence-electron chi connectivity index (χ3n) is 1.16. The molecule has 2 atom stereocenters. The molecule has 0 aromatic heterocycles. The van der Waals surface area contributed by atoms with E-state index in [1.165, 1.54) is 0 Å². The molecule has 0 saturated carbocycles. The van der Waals surface area contributed by atoms with Crippen molar-refractivity contribution < 1.29 is 48.9 Å². The fourth-order valence-corrected chi connectivity index (χ4v) is 1.24. The van der Waals surface area contributed by atoms with Gasteiger partial charge in [0.15, 0.2) is 0 Å². The summed E-state index contributed by atoms with van der Waals surface area (Å²) in [5.41, 5.74) is 5.06. The van der Waals surface area contributed by atoms with Crippen LogP contribution in [0.4, 0.5) is 0 Å². The van der Waals surface area contributed by atoms with Crippen LogP contribution in [0, 0.1) is 0 Å². The van der Waals surface area contributed by atoms with Crippen LogP contribution < -0.4 is 40.2 Å². The minimum absolute atomic E-state index is 0. The van der Waals surface area contributed by atoms with E-state index in [1.54, 1.807) is 0 Å². The van der Waals surface area contributed by atoms with Crippen molar-refractivity contribution in [1.29, 1.82) is 0 Å². The minimum Gasteiger partial charge on any atom is -0.799 e. The van der Waals surface area contributed by atoms with Gasteiger partial charge in [0.1, 0.15) is 6.04 Å². The van der Waals surface area contributed by atoms with Crippen molar-refractivity contribution in [3.8, 4) is 0 Å². The number of hydrogen-bond donors (Lipinski definition) is 2. The molecule has 0 heterocycles. The summed E-state index contributed by atoms with van der Waals surface area (Å²) in [4.78, 5) is 20.6. The van der Waals surface area contributed by atoms with Gasteiger partial charge in [-0.3, -0.25) is 4.79 Å². The first-order valence-electron chi connectivity index (χ1n) is 3.09. The molecule has 5 nitrogen and oxygen atoms in total. The number of rotatable bonds is 4. The molecule has 7 heteroatoms. The number of carboxylic acid groups (broad SMARTS) is 1. The molecule has 0 aromatic carbocycles. The summed E-state index contributed by atoms with van der Waals surface area (Å²) in [5, 5.41) is 8.26. The Balaban J connectivity index is 0. The number of hydrogen-bond acceptors (Lipinski definition) is 4. The zero-order valence-corrected chi connectivity index (χ0v) is 10.1. The van der Waals surface area contributed by atoms with E-state index in [-0.39, 0.29) is 42.1 Å². The topological polar surface area (TPSA) is 103 Å². The number of nitrogens with two attached hydrogens (primary N) is 1. The first-order valence-corrected chi connectivity index (χ1v) is 5.34. The number of aliphatic carboxylic acids is 1. The van der Waals surface area contributed by atoms with Crippen molar-refractivity contribution in [3.63, 3.8) is 0 Å². The number of carboxylic acids is 1. The van der Waals surface area contributed by atoms with Crippen molar-refractivity contribution in [3.05, 3.63) is 0 Å². The van der Waals surface area contributed by atoms with Gasteiger partial charge in [0.25, 0.3) is 0 Å². The maximum Gasteiger partial charge on any atom is 1.00 e. The van der Waals surface area contributed by atoms with Gasteiger partial charge >= 0.3 is 35.5 Å². The second kappa shape index (κ2) is 6.13. The average Bonchev–Trinajstić information content (AvgIpc) is 1.80. The zero-order chi connectivity index (χ0) is 9.07. The summed E-state index contributed by atoms with van der Waals surface area (Å²) < 4.78 is 10.5. The van der Waals surface area contributed by atoms with Crippen LogP contribution >= 0.6 is 7.37 Å². The van der Waals surface area contributed by atoms with E-state index in [0.29, 0.717) is 0 Å². The van der Waals surface area contributed by atoms with Crippen molar-refractivity contribution in [2.24, 2.45) is 5.73 Å². The van der Waals surface area contributed by atoms with Crippen LogP contribution in [0.25, 0.3) is 0 Å². The van der Waals surface area contributed by atoms with E-state index in [9.17, 15) is 14.3 Å². The normalized spacial score (nSPS) is 17.2. The van der Waals surface area contributed by atoms with Crippen LogP contribution in [0.1, 0.15) is 6.42 Å². The van der Waals surface area contributed by atoms with Gasteiger partial charge in [-0.05, 0) is 19.2 Å². The monoisotopic (exact) mass is 203 g/mol. The van der Waals surface area contributed by atoms with E-state index < -0.39 is 19.4 Å². The van der Waals surface area contributed by atoms with Crippen LogP contribution in [0.15, 0.2) is 0 Å². The summed E-state index contributed by atoms with van der Waals surface area (Å²) >= 11 is 0. The molecule has 12 heavy (non-hydrogen) atoms. The van der Waals surface area contributed by atoms with Gasteiger partial charge in [0.05, 0.1) is 0 Å². The predicted molar refractivity (Wildman–Crippen MR) is 38.6 cm³/mol. The first kappa shape index (κ1) is 15.1. The summed E-state index contributed by atoms with van der Waals surface area (Å²) in [5.74, 6) is -1.17. The molecule has 0 spiro atoms. The van der Waals surface area contributed by atoms with Gasteiger partial charge in [-0.1, -0.05) is 0 Å². The van der Waals surface area contributed by atoms with E-state index in [2.05, 4.69) is 0 Å². The van der Waals surface area contributed by atoms with E-state index in [1.807, 2.05) is 0 Å². The molecule has 0 aromatic rings. The smallest absolute Gasteiger partial charge is 0.799 e. The van der Waals surface area contributed by atoms with Gasteiger partial charge in [0, 0.05) is 7.37 Å². The van der Waals surface area contributed by atoms with E-state index in [4.69, 9.17) is 10.8 Å². The molecule has 0 rings (SSSR count). The largest absolute Gasteiger partial charge is 1.00 e. The predicted octanol–water partition coefficient (Wildman–Crippen LogP) is -3.94. The molecular weight excluding hydrogens is 192 g/mol. The molecule has 0 aliphatic carbocycles. The quantitative estimate of drug-likeness (QED) is 0.358. The van der Waals surface area contributed by atoms with Crippen LogP contribution in [-0.4, -0.2) is 29.9 Å². The molecule has 0 saturated heterocycles. The van der Waals surface area contributed by atoms with Gasteiger partial charge < -0.3 is 20.3 Å². The van der Waals surface area contributed by atoms with Crippen LogP contribution in [0.3, 0.4) is 0 Å². The molecule has 0 radical (unpaired) electrons. The molecule has 0 aliphatic rings. The molecule has 0 fully saturated rings. The van der Waals surface area contributed by atoms with Crippen molar-refractivity contribution in [2.45, 2.75) is 12.5 Å². The Labute approximate surface area is 93.1 Å². The van der Waals surface area contributed by atoms with Crippen molar-refractivity contribution in [2.75, 3.05) is 12.8 Å². The Morgan fingerprint density at radius 1 is 1.75 bits per heavy atom. The fourth-order valence-electron chi connectivity index (χ4n) is 0.497. The standard InChI is InChI=1S/C5H12NO4P.Na/c1-11(9,10)3-2-4(6)5(7)8;/h4H,2-3,6H2,1H3,(H,7,8)(H,9,10);/q;+1/p-1/t4-;/m0./s1. The van der Waals surface area contributed by atoms with Gasteiger partial charge in [-0.25, -0.2) is 0 Å². The molecule has 66 valence electrons. The fraction of sp³-hybridized carbons (Fsp3) is 0.800. The Hall–Kier alpha value is 0.620.